The third-order valence-corrected chi connectivity index (χ3v) is 6.96. The Hall–Kier alpha value is -1.31. The van der Waals surface area contributed by atoms with Crippen LogP contribution in [0, 0.1) is 0 Å². The first-order valence-corrected chi connectivity index (χ1v) is 11.0. The number of hydrogen-bond donors (Lipinski definition) is 1. The van der Waals surface area contributed by atoms with Crippen molar-refractivity contribution in [1.29, 1.82) is 0 Å². The van der Waals surface area contributed by atoms with E-state index in [1.165, 1.54) is 13.8 Å². The molecule has 0 bridgehead atoms. The SMILES string of the molecule is CCC(CC)(O[PH](=O)O)c1ccc(S(=O)(=O)C(F)(F)C(F)(F)C(F)(F)C(F)(F)F)cc1. The predicted octanol–water partition coefficient (Wildman–Crippen LogP) is 5.30. The van der Waals surface area contributed by atoms with Gasteiger partial charge in [-0.25, -0.2) is 8.42 Å². The highest BCUT2D eigenvalue weighted by Crippen LogP contribution is 2.55. The summed E-state index contributed by atoms with van der Waals surface area (Å²) in [7, 11) is -10.3. The van der Waals surface area contributed by atoms with Gasteiger partial charge in [0.05, 0.1) is 4.90 Å². The number of rotatable bonds is 9. The highest BCUT2D eigenvalue weighted by Gasteiger charge is 2.85. The zero-order chi connectivity index (χ0) is 24.7. The lowest BCUT2D eigenvalue weighted by Crippen LogP contribution is -2.63. The minimum atomic E-state index is -7.36. The van der Waals surface area contributed by atoms with E-state index >= 15 is 0 Å². The third kappa shape index (κ3) is 4.46. The summed E-state index contributed by atoms with van der Waals surface area (Å²) >= 11 is 0. The van der Waals surface area contributed by atoms with Gasteiger partial charge in [-0.1, -0.05) is 26.0 Å². The first-order chi connectivity index (χ1) is 13.7. The van der Waals surface area contributed by atoms with Crippen molar-refractivity contribution < 1.29 is 61.9 Å². The molecular weight excluding hydrogens is 494 g/mol. The van der Waals surface area contributed by atoms with Crippen LogP contribution < -0.4 is 0 Å². The Kier molecular flexibility index (Phi) is 7.66. The molecule has 0 aromatic heterocycles. The summed E-state index contributed by atoms with van der Waals surface area (Å²) in [5, 5.41) is -6.85. The number of alkyl halides is 9. The lowest BCUT2D eigenvalue weighted by Gasteiger charge is -2.33. The molecule has 31 heavy (non-hydrogen) atoms. The Bertz CT molecular complexity index is 910. The summed E-state index contributed by atoms with van der Waals surface area (Å²) in [5.41, 5.74) is -1.57. The van der Waals surface area contributed by atoms with E-state index in [4.69, 9.17) is 9.42 Å². The minimum Gasteiger partial charge on any atom is -0.326 e. The predicted molar refractivity (Wildman–Crippen MR) is 89.1 cm³/mol. The molecule has 1 rings (SSSR count). The van der Waals surface area contributed by atoms with Gasteiger partial charge in [0.1, 0.15) is 5.60 Å². The smallest absolute Gasteiger partial charge is 0.326 e. The average Bonchev–Trinajstić information content (AvgIpc) is 2.64. The van der Waals surface area contributed by atoms with Crippen LogP contribution in [0.15, 0.2) is 29.2 Å². The standard InChI is InChI=1S/C15H16F9O5PS/c1-3-11(4-2,29-30(25)26)9-5-7-10(8-6-9)31(27,28)15(23,24)13(18,19)12(16,17)14(20,21)22/h5-8,30H,3-4H2,1-2H3,(H,25,26). The first kappa shape index (κ1) is 27.7. The van der Waals surface area contributed by atoms with Gasteiger partial charge in [-0.2, -0.15) is 39.5 Å². The Morgan fingerprint density at radius 2 is 1.29 bits per heavy atom. The quantitative estimate of drug-likeness (QED) is 0.360. The largest absolute Gasteiger partial charge is 0.460 e. The van der Waals surface area contributed by atoms with Crippen LogP contribution in [0.25, 0.3) is 0 Å². The van der Waals surface area contributed by atoms with Crippen LogP contribution in [0.5, 0.6) is 0 Å². The highest BCUT2D eigenvalue weighted by molar-refractivity contribution is 7.92. The van der Waals surface area contributed by atoms with Gasteiger partial charge >= 0.3 is 31.5 Å². The van der Waals surface area contributed by atoms with Gasteiger partial charge < -0.3 is 4.89 Å². The molecule has 1 unspecified atom stereocenters. The van der Waals surface area contributed by atoms with Gasteiger partial charge in [-0.15, -0.1) is 0 Å². The summed E-state index contributed by atoms with van der Waals surface area (Å²) in [6.45, 7) is 2.96. The number of halogens is 9. The number of benzene rings is 1. The van der Waals surface area contributed by atoms with E-state index in [2.05, 4.69) is 0 Å². The molecule has 0 aliphatic rings. The van der Waals surface area contributed by atoms with Crippen molar-refractivity contribution >= 4 is 18.1 Å². The molecule has 1 aromatic carbocycles. The maximum atomic E-state index is 13.9. The van der Waals surface area contributed by atoms with E-state index < -0.39 is 51.9 Å². The molecule has 0 aliphatic heterocycles. The van der Waals surface area contributed by atoms with Crippen LogP contribution in [-0.2, 0) is 24.5 Å². The van der Waals surface area contributed by atoms with Gasteiger partial charge in [0, 0.05) is 0 Å². The molecule has 0 amide bonds. The zero-order valence-corrected chi connectivity index (χ0v) is 17.4. The van der Waals surface area contributed by atoms with E-state index in [0.717, 1.165) is 12.1 Å². The van der Waals surface area contributed by atoms with Crippen LogP contribution in [0.4, 0.5) is 39.5 Å². The summed E-state index contributed by atoms with van der Waals surface area (Å²) in [6.07, 6.45) is -7.14. The first-order valence-electron chi connectivity index (χ1n) is 8.22. The Morgan fingerprint density at radius 3 is 1.61 bits per heavy atom. The third-order valence-electron chi connectivity index (χ3n) is 4.57. The molecule has 0 radical (unpaired) electrons. The summed E-state index contributed by atoms with van der Waals surface area (Å²) in [5.74, 6) is -14.7. The van der Waals surface area contributed by atoms with Crippen molar-refractivity contribution in [1.82, 2.24) is 0 Å². The Labute approximate surface area is 171 Å². The summed E-state index contributed by atoms with van der Waals surface area (Å²) in [6, 6.07) is 1.97. The molecule has 0 fully saturated rings. The molecular formula is C15H16F9O5PS. The molecule has 1 aromatic rings. The topological polar surface area (TPSA) is 80.7 Å². The van der Waals surface area contributed by atoms with Crippen molar-refractivity contribution in [2.24, 2.45) is 0 Å². The second kappa shape index (κ2) is 8.56. The maximum Gasteiger partial charge on any atom is 0.460 e. The fourth-order valence-corrected chi connectivity index (χ4v) is 4.64. The maximum absolute atomic E-state index is 13.9. The van der Waals surface area contributed by atoms with Crippen LogP contribution in [0.2, 0.25) is 0 Å². The molecule has 0 saturated heterocycles. The molecule has 16 heteroatoms. The molecule has 1 atom stereocenters. The summed E-state index contributed by atoms with van der Waals surface area (Å²) in [4.78, 5) is 7.33. The van der Waals surface area contributed by atoms with Gasteiger partial charge in [-0.05, 0) is 30.5 Å². The van der Waals surface area contributed by atoms with E-state index in [1.807, 2.05) is 0 Å². The van der Waals surface area contributed by atoms with Crippen molar-refractivity contribution in [2.45, 2.75) is 60.5 Å². The summed E-state index contributed by atoms with van der Waals surface area (Å²) < 4.78 is 157. The van der Waals surface area contributed by atoms with Gasteiger partial charge in [0.25, 0.3) is 0 Å². The molecule has 0 saturated carbocycles. The molecule has 180 valence electrons. The van der Waals surface area contributed by atoms with Crippen molar-refractivity contribution in [3.63, 3.8) is 0 Å². The molecule has 0 heterocycles. The number of sulfone groups is 1. The van der Waals surface area contributed by atoms with E-state index in [-0.39, 0.29) is 30.5 Å². The van der Waals surface area contributed by atoms with Gasteiger partial charge in [0.15, 0.2) is 0 Å². The van der Waals surface area contributed by atoms with Gasteiger partial charge in [-0.3, -0.25) is 9.09 Å². The fraction of sp³-hybridized carbons (Fsp3) is 0.600. The average molecular weight is 510 g/mol. The minimum absolute atomic E-state index is 0.0125. The second-order valence-electron chi connectivity index (χ2n) is 6.26. The van der Waals surface area contributed by atoms with E-state index in [1.54, 1.807) is 0 Å². The zero-order valence-electron chi connectivity index (χ0n) is 15.6. The molecule has 5 nitrogen and oxygen atoms in total. The highest BCUT2D eigenvalue weighted by atomic mass is 32.2. The number of hydrogen-bond acceptors (Lipinski definition) is 4. The molecule has 0 spiro atoms. The van der Waals surface area contributed by atoms with E-state index in [9.17, 15) is 52.5 Å². The van der Waals surface area contributed by atoms with Crippen molar-refractivity contribution in [3.8, 4) is 0 Å². The van der Waals surface area contributed by atoms with Crippen LogP contribution in [-0.4, -0.2) is 36.6 Å². The van der Waals surface area contributed by atoms with E-state index in [0.29, 0.717) is 0 Å². The van der Waals surface area contributed by atoms with Crippen LogP contribution >= 0.6 is 8.25 Å². The van der Waals surface area contributed by atoms with Crippen molar-refractivity contribution in [3.05, 3.63) is 29.8 Å². The molecule has 1 N–H and O–H groups in total. The lowest BCUT2D eigenvalue weighted by molar-refractivity contribution is -0.382. The Morgan fingerprint density at radius 1 is 0.871 bits per heavy atom. The second-order valence-corrected chi connectivity index (χ2v) is 8.99. The fourth-order valence-electron chi connectivity index (χ4n) is 2.64. The Balaban J connectivity index is 3.54. The van der Waals surface area contributed by atoms with Crippen LogP contribution in [0.3, 0.4) is 0 Å². The monoisotopic (exact) mass is 510 g/mol. The van der Waals surface area contributed by atoms with Gasteiger partial charge in [0.2, 0.25) is 9.84 Å². The lowest BCUT2D eigenvalue weighted by atomic mass is 9.89. The van der Waals surface area contributed by atoms with Crippen molar-refractivity contribution in [2.75, 3.05) is 0 Å². The van der Waals surface area contributed by atoms with Crippen LogP contribution in [0.1, 0.15) is 32.3 Å². The normalized spacial score (nSPS) is 15.7. The molecule has 0 aliphatic carbocycles.